The van der Waals surface area contributed by atoms with Crippen molar-refractivity contribution >= 4 is 22.6 Å². The predicted molar refractivity (Wildman–Crippen MR) is 62.2 cm³/mol. The molecular weight excluding hydrogens is 208 g/mol. The zero-order chi connectivity index (χ0) is 10.6. The highest BCUT2D eigenvalue weighted by Gasteiger charge is 2.48. The van der Waals surface area contributed by atoms with E-state index in [4.69, 9.17) is 11.6 Å². The lowest BCUT2D eigenvalue weighted by atomic mass is 10.1. The summed E-state index contributed by atoms with van der Waals surface area (Å²) < 4.78 is 0. The summed E-state index contributed by atoms with van der Waals surface area (Å²) in [5.74, 6) is 1.70. The van der Waals surface area contributed by atoms with Gasteiger partial charge < -0.3 is 4.98 Å². The van der Waals surface area contributed by atoms with Crippen LogP contribution in [0.2, 0.25) is 5.02 Å². The Morgan fingerprint density at radius 1 is 1.47 bits per heavy atom. The van der Waals surface area contributed by atoms with Gasteiger partial charge in [0.05, 0.1) is 11.0 Å². The Kier molecular flexibility index (Phi) is 1.70. The number of aromatic nitrogens is 2. The number of benzene rings is 1. The third kappa shape index (κ3) is 1.44. The van der Waals surface area contributed by atoms with Crippen molar-refractivity contribution in [1.29, 1.82) is 0 Å². The number of hydrogen-bond donors (Lipinski definition) is 1. The van der Waals surface area contributed by atoms with Crippen molar-refractivity contribution in [2.75, 3.05) is 0 Å². The first-order chi connectivity index (χ1) is 7.06. The number of hydrogen-bond acceptors (Lipinski definition) is 1. The van der Waals surface area contributed by atoms with Crippen LogP contribution in [0.15, 0.2) is 18.2 Å². The first-order valence-electron chi connectivity index (χ1n) is 5.21. The molecule has 78 valence electrons. The summed E-state index contributed by atoms with van der Waals surface area (Å²) in [6.45, 7) is 4.55. The van der Waals surface area contributed by atoms with Crippen LogP contribution < -0.4 is 0 Å². The van der Waals surface area contributed by atoms with Gasteiger partial charge in [0.15, 0.2) is 0 Å². The average Bonchev–Trinajstić information content (AvgIpc) is 2.63. The molecule has 15 heavy (non-hydrogen) atoms. The molecule has 1 N–H and O–H groups in total. The summed E-state index contributed by atoms with van der Waals surface area (Å²) in [5.41, 5.74) is 2.47. The summed E-state index contributed by atoms with van der Waals surface area (Å²) in [7, 11) is 0. The molecule has 1 unspecified atom stereocenters. The minimum Gasteiger partial charge on any atom is -0.342 e. The summed E-state index contributed by atoms with van der Waals surface area (Å²) in [5, 5.41) is 0.757. The van der Waals surface area contributed by atoms with E-state index in [-0.39, 0.29) is 0 Å². The number of nitrogens with zero attached hydrogens (tertiary/aromatic N) is 1. The maximum absolute atomic E-state index is 5.93. The van der Waals surface area contributed by atoms with Crippen LogP contribution in [0.5, 0.6) is 0 Å². The fraction of sp³-hybridized carbons (Fsp3) is 0.417. The molecule has 1 aromatic carbocycles. The summed E-state index contributed by atoms with van der Waals surface area (Å²) in [6, 6.07) is 5.78. The van der Waals surface area contributed by atoms with Crippen molar-refractivity contribution in [1.82, 2.24) is 9.97 Å². The molecule has 2 aromatic rings. The fourth-order valence-corrected chi connectivity index (χ4v) is 2.27. The molecule has 1 saturated carbocycles. The van der Waals surface area contributed by atoms with E-state index in [1.54, 1.807) is 0 Å². The van der Waals surface area contributed by atoms with E-state index < -0.39 is 0 Å². The maximum atomic E-state index is 5.93. The second kappa shape index (κ2) is 2.76. The molecule has 3 rings (SSSR count). The van der Waals surface area contributed by atoms with Gasteiger partial charge in [0.25, 0.3) is 0 Å². The lowest BCUT2D eigenvalue weighted by Gasteiger charge is -1.97. The van der Waals surface area contributed by atoms with Crippen molar-refractivity contribution in [3.05, 3.63) is 29.0 Å². The molecule has 1 aliphatic carbocycles. The molecule has 0 saturated heterocycles. The fourth-order valence-electron chi connectivity index (χ4n) is 2.10. The minimum atomic E-state index is 0.414. The number of imidazole rings is 1. The number of halogens is 1. The molecule has 0 aliphatic heterocycles. The van der Waals surface area contributed by atoms with Gasteiger partial charge in [0.1, 0.15) is 5.82 Å². The molecule has 1 aromatic heterocycles. The third-order valence-electron chi connectivity index (χ3n) is 3.31. The molecule has 0 radical (unpaired) electrons. The topological polar surface area (TPSA) is 28.7 Å². The van der Waals surface area contributed by atoms with E-state index in [1.165, 1.54) is 6.42 Å². The van der Waals surface area contributed by atoms with E-state index in [0.29, 0.717) is 11.3 Å². The molecule has 1 atom stereocenters. The van der Waals surface area contributed by atoms with Crippen LogP contribution in [0.3, 0.4) is 0 Å². The molecule has 1 heterocycles. The van der Waals surface area contributed by atoms with Gasteiger partial charge in [-0.05, 0) is 30.0 Å². The molecule has 2 nitrogen and oxygen atoms in total. The SMILES string of the molecule is CC1(C)CC1c1nc2ccc(Cl)cc2[nH]1. The Morgan fingerprint density at radius 2 is 2.20 bits per heavy atom. The summed E-state index contributed by atoms with van der Waals surface area (Å²) >= 11 is 5.93. The van der Waals surface area contributed by atoms with Gasteiger partial charge >= 0.3 is 0 Å². The normalized spacial score (nSPS) is 23.3. The zero-order valence-corrected chi connectivity index (χ0v) is 9.60. The predicted octanol–water partition coefficient (Wildman–Crippen LogP) is 3.73. The number of H-pyrrole nitrogens is 1. The van der Waals surface area contributed by atoms with Gasteiger partial charge in [-0.15, -0.1) is 0 Å². The lowest BCUT2D eigenvalue weighted by Crippen LogP contribution is -1.91. The van der Waals surface area contributed by atoms with Crippen LogP contribution in [-0.4, -0.2) is 9.97 Å². The molecule has 1 fully saturated rings. The highest BCUT2D eigenvalue weighted by molar-refractivity contribution is 6.31. The van der Waals surface area contributed by atoms with E-state index in [2.05, 4.69) is 23.8 Å². The number of nitrogens with one attached hydrogen (secondary N) is 1. The largest absolute Gasteiger partial charge is 0.342 e. The van der Waals surface area contributed by atoms with Crippen LogP contribution in [-0.2, 0) is 0 Å². The second-order valence-corrected chi connectivity index (χ2v) is 5.47. The highest BCUT2D eigenvalue weighted by atomic mass is 35.5. The maximum Gasteiger partial charge on any atom is 0.110 e. The van der Waals surface area contributed by atoms with Gasteiger partial charge in [-0.2, -0.15) is 0 Å². The number of rotatable bonds is 1. The van der Waals surface area contributed by atoms with Gasteiger partial charge in [-0.25, -0.2) is 4.98 Å². The standard InChI is InChI=1S/C12H13ClN2/c1-12(2)6-8(12)11-14-9-4-3-7(13)5-10(9)15-11/h3-5,8H,6H2,1-2H3,(H,14,15). The van der Waals surface area contributed by atoms with E-state index in [0.717, 1.165) is 21.9 Å². The first-order valence-corrected chi connectivity index (χ1v) is 5.59. The Morgan fingerprint density at radius 3 is 2.87 bits per heavy atom. The van der Waals surface area contributed by atoms with Crippen molar-refractivity contribution in [2.45, 2.75) is 26.2 Å². The van der Waals surface area contributed by atoms with E-state index in [1.807, 2.05) is 18.2 Å². The molecule has 1 aliphatic rings. The first kappa shape index (κ1) is 9.22. The van der Waals surface area contributed by atoms with Crippen LogP contribution in [0.1, 0.15) is 32.0 Å². The van der Waals surface area contributed by atoms with Gasteiger partial charge in [0.2, 0.25) is 0 Å². The van der Waals surface area contributed by atoms with Gasteiger partial charge in [-0.3, -0.25) is 0 Å². The summed E-state index contributed by atoms with van der Waals surface area (Å²) in [4.78, 5) is 7.96. The number of fused-ring (bicyclic) bond motifs is 1. The van der Waals surface area contributed by atoms with Crippen LogP contribution in [0, 0.1) is 5.41 Å². The minimum absolute atomic E-state index is 0.414. The summed E-state index contributed by atoms with van der Waals surface area (Å²) in [6.07, 6.45) is 1.22. The smallest absolute Gasteiger partial charge is 0.110 e. The Balaban J connectivity index is 2.08. The van der Waals surface area contributed by atoms with E-state index >= 15 is 0 Å². The van der Waals surface area contributed by atoms with E-state index in [9.17, 15) is 0 Å². The Labute approximate surface area is 93.7 Å². The Bertz CT molecular complexity index is 527. The molecule has 0 amide bonds. The van der Waals surface area contributed by atoms with Crippen molar-refractivity contribution in [3.63, 3.8) is 0 Å². The van der Waals surface area contributed by atoms with Crippen molar-refractivity contribution in [2.24, 2.45) is 5.41 Å². The molecule has 3 heteroatoms. The van der Waals surface area contributed by atoms with Gasteiger partial charge in [-0.1, -0.05) is 25.4 Å². The zero-order valence-electron chi connectivity index (χ0n) is 8.84. The molecule has 0 bridgehead atoms. The van der Waals surface area contributed by atoms with Crippen LogP contribution in [0.25, 0.3) is 11.0 Å². The van der Waals surface area contributed by atoms with Crippen LogP contribution >= 0.6 is 11.6 Å². The Hall–Kier alpha value is -1.02. The molecule has 0 spiro atoms. The van der Waals surface area contributed by atoms with Crippen LogP contribution in [0.4, 0.5) is 0 Å². The van der Waals surface area contributed by atoms with Crippen molar-refractivity contribution < 1.29 is 0 Å². The lowest BCUT2D eigenvalue weighted by molar-refractivity contribution is 0.612. The quantitative estimate of drug-likeness (QED) is 0.780. The molecular formula is C12H13ClN2. The van der Waals surface area contributed by atoms with Gasteiger partial charge in [0, 0.05) is 10.9 Å². The second-order valence-electron chi connectivity index (χ2n) is 5.03. The third-order valence-corrected chi connectivity index (χ3v) is 3.54. The monoisotopic (exact) mass is 220 g/mol. The van der Waals surface area contributed by atoms with Crippen molar-refractivity contribution in [3.8, 4) is 0 Å². The highest BCUT2D eigenvalue weighted by Crippen LogP contribution is 2.57. The average molecular weight is 221 g/mol. The number of aromatic amines is 1.